The molecule has 2 heterocycles. The smallest absolute Gasteiger partial charge is 0.335 e. The number of aromatic nitrogens is 2. The van der Waals surface area contributed by atoms with Gasteiger partial charge in [0, 0.05) is 31.2 Å². The number of rotatable bonds is 3. The van der Waals surface area contributed by atoms with Gasteiger partial charge in [-0.15, -0.1) is 0 Å². The summed E-state index contributed by atoms with van der Waals surface area (Å²) < 4.78 is 1.00. The summed E-state index contributed by atoms with van der Waals surface area (Å²) in [5, 5.41) is 17.0. The second kappa shape index (κ2) is 7.12. The van der Waals surface area contributed by atoms with E-state index >= 15 is 0 Å². The molecule has 2 N–H and O–H groups in total. The van der Waals surface area contributed by atoms with Gasteiger partial charge < -0.3 is 10.0 Å². The lowest BCUT2D eigenvalue weighted by atomic mass is 10.3. The van der Waals surface area contributed by atoms with Crippen LogP contribution in [0, 0.1) is 0 Å². The Morgan fingerprint density at radius 2 is 1.80 bits per heavy atom. The van der Waals surface area contributed by atoms with Crippen molar-refractivity contribution in [3.63, 3.8) is 0 Å². The predicted octanol–water partition coefficient (Wildman–Crippen LogP) is 0.466. The first kappa shape index (κ1) is 17.2. The molecule has 0 saturated carbocycles. The number of nitrogens with one attached hydrogen (secondary N) is 1. The molecule has 0 radical (unpaired) electrons. The van der Waals surface area contributed by atoms with Gasteiger partial charge in [-0.2, -0.15) is 5.10 Å². The number of H-pyrrole nitrogens is 1. The molecule has 0 bridgehead atoms. The molecule has 1 fully saturated rings. The van der Waals surface area contributed by atoms with Crippen molar-refractivity contribution in [2.45, 2.75) is 0 Å². The van der Waals surface area contributed by atoms with Crippen LogP contribution in [0.2, 0.25) is 5.02 Å². The monoisotopic (exact) mass is 363 g/mol. The van der Waals surface area contributed by atoms with Crippen LogP contribution in [-0.2, 0) is 0 Å². The van der Waals surface area contributed by atoms with Crippen molar-refractivity contribution in [1.29, 1.82) is 0 Å². The summed E-state index contributed by atoms with van der Waals surface area (Å²) in [4.78, 5) is 28.5. The van der Waals surface area contributed by atoms with Gasteiger partial charge >= 0.3 is 5.69 Å². The van der Waals surface area contributed by atoms with Gasteiger partial charge in [-0.3, -0.25) is 14.8 Å². The van der Waals surface area contributed by atoms with Crippen LogP contribution in [-0.4, -0.2) is 64.0 Å². The number of hydrogen-bond donors (Lipinski definition) is 2. The van der Waals surface area contributed by atoms with E-state index in [4.69, 9.17) is 11.6 Å². The molecule has 3 rings (SSSR count). The molecule has 0 unspecified atom stereocenters. The first-order valence-electron chi connectivity index (χ1n) is 7.77. The molecule has 0 aliphatic carbocycles. The van der Waals surface area contributed by atoms with Crippen molar-refractivity contribution in [1.82, 2.24) is 19.5 Å². The number of benzene rings is 1. The van der Waals surface area contributed by atoms with Crippen LogP contribution in [0.4, 0.5) is 0 Å². The first-order chi connectivity index (χ1) is 12.0. The van der Waals surface area contributed by atoms with Crippen molar-refractivity contribution in [2.75, 3.05) is 33.2 Å². The molecule has 9 heteroatoms. The number of hydrogen-bond acceptors (Lipinski definition) is 6. The average Bonchev–Trinajstić information content (AvgIpc) is 2.57. The number of aromatic hydroxyl groups is 1. The Balaban J connectivity index is 1.97. The first-order valence-corrected chi connectivity index (χ1v) is 8.15. The average molecular weight is 364 g/mol. The molecule has 2 aromatic rings. The second-order valence-electron chi connectivity index (χ2n) is 5.81. The van der Waals surface area contributed by atoms with Gasteiger partial charge in [0.15, 0.2) is 0 Å². The topological polar surface area (TPSA) is 93.9 Å². The van der Waals surface area contributed by atoms with Gasteiger partial charge in [-0.25, -0.2) is 9.36 Å². The van der Waals surface area contributed by atoms with Gasteiger partial charge in [0.05, 0.1) is 11.9 Å². The molecule has 1 aliphatic heterocycles. The van der Waals surface area contributed by atoms with Gasteiger partial charge in [0.25, 0.3) is 5.56 Å². The fraction of sp³-hybridized carbons (Fsp3) is 0.312. The second-order valence-corrected chi connectivity index (χ2v) is 6.25. The third kappa shape index (κ3) is 3.75. The van der Waals surface area contributed by atoms with Crippen molar-refractivity contribution < 1.29 is 5.11 Å². The van der Waals surface area contributed by atoms with Crippen molar-refractivity contribution >= 4 is 17.8 Å². The highest BCUT2D eigenvalue weighted by Gasteiger charge is 2.16. The molecule has 25 heavy (non-hydrogen) atoms. The van der Waals surface area contributed by atoms with Gasteiger partial charge in [-0.05, 0) is 31.3 Å². The molecular formula is C16H18ClN5O3. The van der Waals surface area contributed by atoms with Crippen molar-refractivity contribution in [3.8, 4) is 11.6 Å². The Kier molecular flexibility index (Phi) is 4.91. The predicted molar refractivity (Wildman–Crippen MR) is 96.0 cm³/mol. The molecule has 132 valence electrons. The largest absolute Gasteiger partial charge is 0.493 e. The maximum Gasteiger partial charge on any atom is 0.335 e. The van der Waals surface area contributed by atoms with E-state index in [-0.39, 0.29) is 5.56 Å². The molecule has 1 aromatic heterocycles. The number of halogens is 1. The number of piperazine rings is 1. The molecule has 1 saturated heterocycles. The van der Waals surface area contributed by atoms with Crippen molar-refractivity contribution in [2.24, 2.45) is 5.10 Å². The Morgan fingerprint density at radius 3 is 2.44 bits per heavy atom. The highest BCUT2D eigenvalue weighted by molar-refractivity contribution is 6.30. The highest BCUT2D eigenvalue weighted by atomic mass is 35.5. The van der Waals surface area contributed by atoms with E-state index < -0.39 is 17.1 Å². The van der Waals surface area contributed by atoms with Crippen LogP contribution in [0.15, 0.2) is 39.0 Å². The Morgan fingerprint density at radius 1 is 1.16 bits per heavy atom. The van der Waals surface area contributed by atoms with Gasteiger partial charge in [0.2, 0.25) is 5.88 Å². The van der Waals surface area contributed by atoms with E-state index in [9.17, 15) is 14.7 Å². The van der Waals surface area contributed by atoms with Crippen molar-refractivity contribution in [3.05, 3.63) is 55.7 Å². The summed E-state index contributed by atoms with van der Waals surface area (Å²) in [6, 6.07) is 6.32. The molecule has 8 nitrogen and oxygen atoms in total. The fourth-order valence-electron chi connectivity index (χ4n) is 2.54. The lowest BCUT2D eigenvalue weighted by molar-refractivity contribution is 0.159. The third-order valence-corrected chi connectivity index (χ3v) is 4.29. The van der Waals surface area contributed by atoms with E-state index in [0.29, 0.717) is 10.7 Å². The fourth-order valence-corrected chi connectivity index (χ4v) is 2.66. The van der Waals surface area contributed by atoms with E-state index in [1.165, 1.54) is 6.21 Å². The van der Waals surface area contributed by atoms with Gasteiger partial charge in [-0.1, -0.05) is 11.6 Å². The van der Waals surface area contributed by atoms with Crippen LogP contribution in [0.25, 0.3) is 5.69 Å². The van der Waals surface area contributed by atoms with Crippen LogP contribution in [0.5, 0.6) is 5.88 Å². The van der Waals surface area contributed by atoms with Crippen LogP contribution in [0.3, 0.4) is 0 Å². The van der Waals surface area contributed by atoms with Crippen LogP contribution >= 0.6 is 11.6 Å². The zero-order valence-electron chi connectivity index (χ0n) is 13.6. The Bertz CT molecular complexity index is 895. The third-order valence-electron chi connectivity index (χ3n) is 4.04. The summed E-state index contributed by atoms with van der Waals surface area (Å²) in [6.07, 6.45) is 1.28. The standard InChI is InChI=1S/C16H18ClN5O3/c1-20-6-8-21(9-7-20)18-10-13-14(23)19-16(25)22(15(13)24)12-4-2-11(17)3-5-12/h2-5,10,24H,6-9H2,1H3,(H,19,23,25). The minimum absolute atomic E-state index is 0.0755. The minimum atomic E-state index is -0.735. The Labute approximate surface area is 148 Å². The van der Waals surface area contributed by atoms with E-state index in [1.807, 2.05) is 12.1 Å². The molecule has 0 atom stereocenters. The lowest BCUT2D eigenvalue weighted by Crippen LogP contribution is -2.42. The van der Waals surface area contributed by atoms with E-state index in [2.05, 4.69) is 15.0 Å². The number of likely N-dealkylation sites (N-methyl/N-ethyl adjacent to an activating group) is 1. The summed E-state index contributed by atoms with van der Waals surface area (Å²) >= 11 is 5.84. The molecule has 0 spiro atoms. The summed E-state index contributed by atoms with van der Waals surface area (Å²) in [6.45, 7) is 3.18. The minimum Gasteiger partial charge on any atom is -0.493 e. The van der Waals surface area contributed by atoms with E-state index in [0.717, 1.165) is 30.7 Å². The molecule has 0 amide bonds. The number of hydrazone groups is 1. The molecular weight excluding hydrogens is 346 g/mol. The number of nitrogens with zero attached hydrogens (tertiary/aromatic N) is 4. The summed E-state index contributed by atoms with van der Waals surface area (Å²) in [5.74, 6) is -0.464. The number of aromatic amines is 1. The normalized spacial score (nSPS) is 15.8. The lowest BCUT2D eigenvalue weighted by Gasteiger charge is -2.30. The van der Waals surface area contributed by atoms with E-state index in [1.54, 1.807) is 24.3 Å². The zero-order valence-corrected chi connectivity index (χ0v) is 14.4. The summed E-state index contributed by atoms with van der Waals surface area (Å²) in [5.41, 5.74) is -1.11. The Hall–Kier alpha value is -2.58. The highest BCUT2D eigenvalue weighted by Crippen LogP contribution is 2.17. The van der Waals surface area contributed by atoms with Gasteiger partial charge in [0.1, 0.15) is 5.56 Å². The quantitative estimate of drug-likeness (QED) is 0.773. The van der Waals surface area contributed by atoms with Crippen LogP contribution in [0.1, 0.15) is 5.56 Å². The summed E-state index contributed by atoms with van der Waals surface area (Å²) in [7, 11) is 2.03. The SMILES string of the molecule is CN1CCN(N=Cc2c(O)n(-c3ccc(Cl)cc3)c(=O)[nH]c2=O)CC1. The van der Waals surface area contributed by atoms with Crippen LogP contribution < -0.4 is 11.2 Å². The maximum atomic E-state index is 12.1. The molecule has 1 aromatic carbocycles. The zero-order chi connectivity index (χ0) is 18.0. The molecule has 1 aliphatic rings. The maximum absolute atomic E-state index is 12.1.